The molecular weight excluding hydrogens is 380 g/mol. The summed E-state index contributed by atoms with van der Waals surface area (Å²) in [6.45, 7) is 10.5. The van der Waals surface area contributed by atoms with Gasteiger partial charge in [0.25, 0.3) is 0 Å². The average Bonchev–Trinajstić information content (AvgIpc) is 2.64. The van der Waals surface area contributed by atoms with Crippen molar-refractivity contribution in [3.05, 3.63) is 29.3 Å². The minimum atomic E-state index is -0.519. The Labute approximate surface area is 179 Å². The summed E-state index contributed by atoms with van der Waals surface area (Å²) in [5.41, 5.74) is 7.41. The number of alkyl carbamates (subject to hydrolysis) is 1. The van der Waals surface area contributed by atoms with E-state index in [1.807, 2.05) is 33.8 Å². The standard InChI is InChI=1S/C24H36N2O4/c1-22(2,3)30-21(28)26-13-14-29-17-9-7-16-8-10-19-23(4,18(16)15-17)11-6-12-24(19,5)20(25)27/h7,9,15,19H,6,8,10-14H2,1-5H3,(H2,25,27)(H,26,28)/t19-,23-,24+/m1/s1. The molecule has 2 amide bonds. The van der Waals surface area contributed by atoms with E-state index in [1.54, 1.807) is 0 Å². The topological polar surface area (TPSA) is 90.7 Å². The normalized spacial score (nSPS) is 28.1. The molecule has 0 saturated heterocycles. The Balaban J connectivity index is 1.69. The number of rotatable bonds is 5. The van der Waals surface area contributed by atoms with Crippen LogP contribution in [0.25, 0.3) is 0 Å². The summed E-state index contributed by atoms with van der Waals surface area (Å²) in [5, 5.41) is 2.71. The smallest absolute Gasteiger partial charge is 0.407 e. The monoisotopic (exact) mass is 416 g/mol. The number of carbonyl (C=O) groups is 2. The zero-order chi connectivity index (χ0) is 22.2. The van der Waals surface area contributed by atoms with Crippen molar-refractivity contribution in [3.63, 3.8) is 0 Å². The number of fused-ring (bicyclic) bond motifs is 3. The van der Waals surface area contributed by atoms with Crippen LogP contribution in [0.1, 0.15) is 71.4 Å². The molecule has 3 rings (SSSR count). The summed E-state index contributed by atoms with van der Waals surface area (Å²) in [6, 6.07) is 6.26. The summed E-state index contributed by atoms with van der Waals surface area (Å²) >= 11 is 0. The summed E-state index contributed by atoms with van der Waals surface area (Å²) in [6.07, 6.45) is 4.42. The first-order chi connectivity index (χ1) is 14.0. The lowest BCUT2D eigenvalue weighted by atomic mass is 9.49. The van der Waals surface area contributed by atoms with Gasteiger partial charge in [-0.1, -0.05) is 26.3 Å². The Morgan fingerprint density at radius 1 is 1.23 bits per heavy atom. The lowest BCUT2D eigenvalue weighted by Crippen LogP contribution is -2.54. The number of amides is 2. The third-order valence-electron chi connectivity index (χ3n) is 6.93. The van der Waals surface area contributed by atoms with Crippen molar-refractivity contribution in [1.29, 1.82) is 0 Å². The minimum absolute atomic E-state index is 0.0796. The number of hydrogen-bond donors (Lipinski definition) is 2. The second-order valence-electron chi connectivity index (χ2n) is 10.2. The molecule has 166 valence electrons. The van der Waals surface area contributed by atoms with Crippen LogP contribution in [0.15, 0.2) is 18.2 Å². The van der Waals surface area contributed by atoms with Crippen LogP contribution in [-0.2, 0) is 21.4 Å². The van der Waals surface area contributed by atoms with Gasteiger partial charge >= 0.3 is 6.09 Å². The number of nitrogens with two attached hydrogens (primary N) is 1. The van der Waals surface area contributed by atoms with E-state index >= 15 is 0 Å². The van der Waals surface area contributed by atoms with E-state index in [2.05, 4.69) is 24.4 Å². The molecule has 30 heavy (non-hydrogen) atoms. The molecule has 0 aliphatic heterocycles. The quantitative estimate of drug-likeness (QED) is 0.708. The number of nitrogens with one attached hydrogen (secondary N) is 1. The van der Waals surface area contributed by atoms with Gasteiger partial charge in [-0.2, -0.15) is 0 Å². The molecule has 6 heteroatoms. The van der Waals surface area contributed by atoms with Gasteiger partial charge in [0.2, 0.25) is 5.91 Å². The molecule has 0 spiro atoms. The molecule has 1 aromatic carbocycles. The highest BCUT2D eigenvalue weighted by Gasteiger charge is 2.54. The first-order valence-corrected chi connectivity index (χ1v) is 11.0. The van der Waals surface area contributed by atoms with E-state index in [0.717, 1.165) is 37.9 Å². The molecule has 0 bridgehead atoms. The van der Waals surface area contributed by atoms with Crippen LogP contribution in [0, 0.1) is 11.3 Å². The highest BCUT2D eigenvalue weighted by atomic mass is 16.6. The van der Waals surface area contributed by atoms with Gasteiger partial charge in [0.05, 0.1) is 6.54 Å². The fraction of sp³-hybridized carbons (Fsp3) is 0.667. The van der Waals surface area contributed by atoms with Crippen LogP contribution in [0.2, 0.25) is 0 Å². The number of aryl methyl sites for hydroxylation is 1. The number of benzene rings is 1. The van der Waals surface area contributed by atoms with Crippen LogP contribution >= 0.6 is 0 Å². The van der Waals surface area contributed by atoms with Crippen molar-refractivity contribution >= 4 is 12.0 Å². The first-order valence-electron chi connectivity index (χ1n) is 11.0. The molecule has 2 aliphatic rings. The highest BCUT2D eigenvalue weighted by Crippen LogP contribution is 2.57. The lowest BCUT2D eigenvalue weighted by molar-refractivity contribution is -0.135. The molecular formula is C24H36N2O4. The van der Waals surface area contributed by atoms with Crippen LogP contribution in [0.4, 0.5) is 4.79 Å². The van der Waals surface area contributed by atoms with E-state index in [4.69, 9.17) is 15.2 Å². The number of hydrogen-bond acceptors (Lipinski definition) is 4. The van der Waals surface area contributed by atoms with Gasteiger partial charge in [-0.25, -0.2) is 4.79 Å². The molecule has 1 saturated carbocycles. The van der Waals surface area contributed by atoms with E-state index in [-0.39, 0.29) is 17.2 Å². The molecule has 0 aromatic heterocycles. The van der Waals surface area contributed by atoms with Crippen LogP contribution in [0.3, 0.4) is 0 Å². The van der Waals surface area contributed by atoms with Gasteiger partial charge in [-0.15, -0.1) is 0 Å². The molecule has 3 atom stereocenters. The second-order valence-corrected chi connectivity index (χ2v) is 10.2. The van der Waals surface area contributed by atoms with Crippen molar-refractivity contribution in [3.8, 4) is 5.75 Å². The molecule has 0 unspecified atom stereocenters. The number of ether oxygens (including phenoxy) is 2. The van der Waals surface area contributed by atoms with Crippen LogP contribution in [0.5, 0.6) is 5.75 Å². The summed E-state index contributed by atoms with van der Waals surface area (Å²) in [5.74, 6) is 0.850. The average molecular weight is 417 g/mol. The Morgan fingerprint density at radius 2 is 1.97 bits per heavy atom. The maximum Gasteiger partial charge on any atom is 0.407 e. The SMILES string of the molecule is CC(C)(C)OC(=O)NCCOc1ccc2c(c1)[C@@]1(C)CCC[C@](C)(C(N)=O)[C@@H]1CC2. The van der Waals surface area contributed by atoms with E-state index < -0.39 is 17.1 Å². The molecule has 0 heterocycles. The molecule has 1 fully saturated rings. The van der Waals surface area contributed by atoms with Crippen molar-refractivity contribution in [2.75, 3.05) is 13.2 Å². The van der Waals surface area contributed by atoms with Gasteiger partial charge in [0.1, 0.15) is 18.0 Å². The Bertz CT molecular complexity index is 816. The molecule has 2 aliphatic carbocycles. The van der Waals surface area contributed by atoms with Gasteiger partial charge in [0, 0.05) is 5.41 Å². The third kappa shape index (κ3) is 4.42. The minimum Gasteiger partial charge on any atom is -0.492 e. The highest BCUT2D eigenvalue weighted by molar-refractivity contribution is 5.81. The maximum absolute atomic E-state index is 12.3. The maximum atomic E-state index is 12.3. The Morgan fingerprint density at radius 3 is 2.63 bits per heavy atom. The van der Waals surface area contributed by atoms with Gasteiger partial charge in [-0.05, 0) is 81.0 Å². The summed E-state index contributed by atoms with van der Waals surface area (Å²) in [7, 11) is 0. The van der Waals surface area contributed by atoms with E-state index in [9.17, 15) is 9.59 Å². The predicted molar refractivity (Wildman–Crippen MR) is 116 cm³/mol. The fourth-order valence-electron chi connectivity index (χ4n) is 5.46. The van der Waals surface area contributed by atoms with Gasteiger partial charge in [0.15, 0.2) is 0 Å². The molecule has 3 N–H and O–H groups in total. The zero-order valence-electron chi connectivity index (χ0n) is 19.0. The largest absolute Gasteiger partial charge is 0.492 e. The molecule has 0 radical (unpaired) electrons. The summed E-state index contributed by atoms with van der Waals surface area (Å²) in [4.78, 5) is 24.1. The van der Waals surface area contributed by atoms with Crippen LogP contribution < -0.4 is 15.8 Å². The van der Waals surface area contributed by atoms with Crippen molar-refractivity contribution in [2.24, 2.45) is 17.1 Å². The van der Waals surface area contributed by atoms with Crippen molar-refractivity contribution < 1.29 is 19.1 Å². The van der Waals surface area contributed by atoms with Crippen LogP contribution in [-0.4, -0.2) is 30.8 Å². The number of primary amides is 1. The third-order valence-corrected chi connectivity index (χ3v) is 6.93. The van der Waals surface area contributed by atoms with Crippen molar-refractivity contribution in [2.45, 2.75) is 77.7 Å². The van der Waals surface area contributed by atoms with Gasteiger partial charge in [-0.3, -0.25) is 4.79 Å². The molecule has 1 aromatic rings. The van der Waals surface area contributed by atoms with Crippen molar-refractivity contribution in [1.82, 2.24) is 5.32 Å². The molecule has 6 nitrogen and oxygen atoms in total. The lowest BCUT2D eigenvalue weighted by Gasteiger charge is -2.54. The van der Waals surface area contributed by atoms with E-state index in [0.29, 0.717) is 13.2 Å². The predicted octanol–water partition coefficient (Wildman–Crippen LogP) is 4.09. The Kier molecular flexibility index (Phi) is 6.08. The first kappa shape index (κ1) is 22.4. The van der Waals surface area contributed by atoms with E-state index in [1.165, 1.54) is 11.1 Å². The Hall–Kier alpha value is -2.24. The zero-order valence-corrected chi connectivity index (χ0v) is 19.0. The fourth-order valence-corrected chi connectivity index (χ4v) is 5.46. The number of carbonyl (C=O) groups excluding carboxylic acids is 2. The van der Waals surface area contributed by atoms with Gasteiger partial charge < -0.3 is 20.5 Å². The second kappa shape index (κ2) is 8.12. The summed E-state index contributed by atoms with van der Waals surface area (Å²) < 4.78 is 11.1.